The average Bonchev–Trinajstić information content (AvgIpc) is 3.44. The van der Waals surface area contributed by atoms with E-state index >= 15 is 0 Å². The molecule has 27 heavy (non-hydrogen) atoms. The van der Waals surface area contributed by atoms with Crippen molar-refractivity contribution in [2.45, 2.75) is 18.9 Å². The maximum absolute atomic E-state index is 10.9. The van der Waals surface area contributed by atoms with Crippen LogP contribution in [0.5, 0.6) is 5.88 Å². The Balaban J connectivity index is 1.60. The molecule has 4 aromatic rings. The molecule has 1 aromatic carbocycles. The first-order valence-corrected chi connectivity index (χ1v) is 10.0. The second-order valence-electron chi connectivity index (χ2n) is 6.59. The molecule has 0 spiro atoms. The van der Waals surface area contributed by atoms with Crippen molar-refractivity contribution < 1.29 is 9.52 Å². The zero-order chi connectivity index (χ0) is 18.4. The van der Waals surface area contributed by atoms with Gasteiger partial charge in [-0.1, -0.05) is 35.1 Å². The standard InChI is InChI=1S/C19H17ClN4O2S/c20-13-7-5-12(6-8-13)15(23-9-1-2-10-23)16-18(25)24-19(27-16)21-17(22-24)14-4-3-11-26-14/h3-8,11,15,25H,1-2,9-10H2/t15-/m1/s1. The van der Waals surface area contributed by atoms with Crippen molar-refractivity contribution in [3.63, 3.8) is 0 Å². The summed E-state index contributed by atoms with van der Waals surface area (Å²) in [5.74, 6) is 1.19. The summed E-state index contributed by atoms with van der Waals surface area (Å²) in [7, 11) is 0. The predicted octanol–water partition coefficient (Wildman–Crippen LogP) is 4.60. The van der Waals surface area contributed by atoms with E-state index in [1.54, 1.807) is 18.4 Å². The average molecular weight is 401 g/mol. The molecule has 0 amide bonds. The van der Waals surface area contributed by atoms with E-state index in [1.807, 2.05) is 24.3 Å². The van der Waals surface area contributed by atoms with Crippen molar-refractivity contribution in [2.24, 2.45) is 0 Å². The van der Waals surface area contributed by atoms with Crippen molar-refractivity contribution in [2.75, 3.05) is 13.1 Å². The lowest BCUT2D eigenvalue weighted by Gasteiger charge is -2.27. The second kappa shape index (κ2) is 6.67. The summed E-state index contributed by atoms with van der Waals surface area (Å²) < 4.78 is 6.86. The number of thiazole rings is 1. The van der Waals surface area contributed by atoms with E-state index in [2.05, 4.69) is 15.0 Å². The number of hydrogen-bond acceptors (Lipinski definition) is 6. The summed E-state index contributed by atoms with van der Waals surface area (Å²) >= 11 is 7.53. The van der Waals surface area contributed by atoms with Crippen LogP contribution in [0.1, 0.15) is 29.3 Å². The first-order valence-electron chi connectivity index (χ1n) is 8.82. The summed E-state index contributed by atoms with van der Waals surface area (Å²) in [5.41, 5.74) is 1.10. The zero-order valence-corrected chi connectivity index (χ0v) is 16.0. The minimum Gasteiger partial charge on any atom is -0.492 e. The highest BCUT2D eigenvalue weighted by Gasteiger charge is 2.31. The van der Waals surface area contributed by atoms with Crippen molar-refractivity contribution in [3.05, 3.63) is 58.1 Å². The van der Waals surface area contributed by atoms with Gasteiger partial charge in [0, 0.05) is 5.02 Å². The highest BCUT2D eigenvalue weighted by Crippen LogP contribution is 2.41. The first-order chi connectivity index (χ1) is 13.2. The van der Waals surface area contributed by atoms with Gasteiger partial charge in [0.05, 0.1) is 17.2 Å². The Morgan fingerprint density at radius 1 is 1.15 bits per heavy atom. The maximum atomic E-state index is 10.9. The number of fused-ring (bicyclic) bond motifs is 1. The molecule has 5 rings (SSSR count). The van der Waals surface area contributed by atoms with E-state index in [0.29, 0.717) is 21.6 Å². The Labute approximate surface area is 164 Å². The van der Waals surface area contributed by atoms with Crippen LogP contribution in [0.4, 0.5) is 0 Å². The number of hydrogen-bond donors (Lipinski definition) is 1. The summed E-state index contributed by atoms with van der Waals surface area (Å²) in [5, 5.41) is 16.1. The van der Waals surface area contributed by atoms with E-state index in [1.165, 1.54) is 15.9 Å². The molecule has 138 valence electrons. The minimum absolute atomic E-state index is 0.0367. The molecule has 1 saturated heterocycles. The summed E-state index contributed by atoms with van der Waals surface area (Å²) in [6, 6.07) is 11.4. The van der Waals surface area contributed by atoms with E-state index in [9.17, 15) is 5.11 Å². The van der Waals surface area contributed by atoms with Gasteiger partial charge in [-0.2, -0.15) is 9.50 Å². The molecule has 1 aliphatic rings. The van der Waals surface area contributed by atoms with Gasteiger partial charge >= 0.3 is 0 Å². The fraction of sp³-hybridized carbons (Fsp3) is 0.263. The Morgan fingerprint density at radius 2 is 1.93 bits per heavy atom. The summed E-state index contributed by atoms with van der Waals surface area (Å²) in [4.78, 5) is 8.41. The molecule has 4 heterocycles. The molecule has 8 heteroatoms. The van der Waals surface area contributed by atoms with Gasteiger partial charge in [0.1, 0.15) is 0 Å². The maximum Gasteiger partial charge on any atom is 0.230 e. The lowest BCUT2D eigenvalue weighted by atomic mass is 10.0. The molecular formula is C19H17ClN4O2S. The topological polar surface area (TPSA) is 66.8 Å². The van der Waals surface area contributed by atoms with Crippen LogP contribution < -0.4 is 0 Å². The van der Waals surface area contributed by atoms with E-state index in [0.717, 1.165) is 36.4 Å². The lowest BCUT2D eigenvalue weighted by Crippen LogP contribution is -2.26. The van der Waals surface area contributed by atoms with Gasteiger partial charge in [-0.25, -0.2) is 0 Å². The molecule has 1 atom stereocenters. The molecule has 6 nitrogen and oxygen atoms in total. The number of aromatic nitrogens is 3. The second-order valence-corrected chi connectivity index (χ2v) is 8.04. The number of halogens is 1. The van der Waals surface area contributed by atoms with Gasteiger partial charge < -0.3 is 9.52 Å². The monoisotopic (exact) mass is 400 g/mol. The normalized spacial score (nSPS) is 16.3. The van der Waals surface area contributed by atoms with Crippen LogP contribution in [0.2, 0.25) is 5.02 Å². The van der Waals surface area contributed by atoms with Crippen LogP contribution in [-0.2, 0) is 0 Å². The SMILES string of the molecule is Oc1c([C@@H](c2ccc(Cl)cc2)N2CCCC2)sc2nc(-c3ccco3)nn12. The Morgan fingerprint density at radius 3 is 2.59 bits per heavy atom. The molecule has 0 unspecified atom stereocenters. The number of rotatable bonds is 4. The molecule has 3 aromatic heterocycles. The molecular weight excluding hydrogens is 384 g/mol. The summed E-state index contributed by atoms with van der Waals surface area (Å²) in [6.45, 7) is 2.00. The van der Waals surface area contributed by atoms with Crippen molar-refractivity contribution >= 4 is 27.9 Å². The van der Waals surface area contributed by atoms with Crippen molar-refractivity contribution in [1.82, 2.24) is 19.5 Å². The fourth-order valence-electron chi connectivity index (χ4n) is 3.61. The Bertz CT molecular complexity index is 1070. The quantitative estimate of drug-likeness (QED) is 0.542. The molecule has 0 radical (unpaired) electrons. The van der Waals surface area contributed by atoms with Gasteiger partial charge in [0.15, 0.2) is 5.76 Å². The summed E-state index contributed by atoms with van der Waals surface area (Å²) in [6.07, 6.45) is 3.90. The van der Waals surface area contributed by atoms with Crippen LogP contribution >= 0.6 is 22.9 Å². The molecule has 1 aliphatic heterocycles. The van der Waals surface area contributed by atoms with Crippen LogP contribution in [0.3, 0.4) is 0 Å². The zero-order valence-electron chi connectivity index (χ0n) is 14.4. The van der Waals surface area contributed by atoms with Gasteiger partial charge in [0.2, 0.25) is 16.7 Å². The number of nitrogens with zero attached hydrogens (tertiary/aromatic N) is 4. The highest BCUT2D eigenvalue weighted by molar-refractivity contribution is 7.17. The fourth-order valence-corrected chi connectivity index (χ4v) is 4.85. The van der Waals surface area contributed by atoms with E-state index in [4.69, 9.17) is 16.0 Å². The van der Waals surface area contributed by atoms with Gasteiger partial charge in [-0.15, -0.1) is 5.10 Å². The third-order valence-corrected chi connectivity index (χ3v) is 6.21. The highest BCUT2D eigenvalue weighted by atomic mass is 35.5. The van der Waals surface area contributed by atoms with Gasteiger partial charge in [-0.3, -0.25) is 4.90 Å². The number of aromatic hydroxyl groups is 1. The largest absolute Gasteiger partial charge is 0.492 e. The molecule has 0 aliphatic carbocycles. The number of furan rings is 1. The molecule has 0 saturated carbocycles. The van der Waals surface area contributed by atoms with E-state index < -0.39 is 0 Å². The molecule has 1 fully saturated rings. The third kappa shape index (κ3) is 2.92. The van der Waals surface area contributed by atoms with Gasteiger partial charge in [0.25, 0.3) is 0 Å². The Kier molecular flexibility index (Phi) is 4.15. The smallest absolute Gasteiger partial charge is 0.230 e. The van der Waals surface area contributed by atoms with Crippen molar-refractivity contribution in [1.29, 1.82) is 0 Å². The number of benzene rings is 1. The van der Waals surface area contributed by atoms with Gasteiger partial charge in [-0.05, 0) is 55.8 Å². The first kappa shape index (κ1) is 16.8. The van der Waals surface area contributed by atoms with Crippen LogP contribution in [0.25, 0.3) is 16.5 Å². The third-order valence-electron chi connectivity index (χ3n) is 4.88. The molecule has 0 bridgehead atoms. The van der Waals surface area contributed by atoms with Crippen LogP contribution in [0, 0.1) is 0 Å². The Hall–Kier alpha value is -2.35. The predicted molar refractivity (Wildman–Crippen MR) is 104 cm³/mol. The van der Waals surface area contributed by atoms with Crippen molar-refractivity contribution in [3.8, 4) is 17.5 Å². The molecule has 1 N–H and O–H groups in total. The number of likely N-dealkylation sites (tertiary alicyclic amines) is 1. The van der Waals surface area contributed by atoms with Crippen LogP contribution in [-0.4, -0.2) is 37.7 Å². The minimum atomic E-state index is -0.0367. The van der Waals surface area contributed by atoms with E-state index in [-0.39, 0.29) is 11.9 Å². The van der Waals surface area contributed by atoms with Crippen LogP contribution in [0.15, 0.2) is 47.1 Å². The lowest BCUT2D eigenvalue weighted by molar-refractivity contribution is 0.277.